The molecule has 22 heavy (non-hydrogen) atoms. The first-order chi connectivity index (χ1) is 10.3. The van der Waals surface area contributed by atoms with Gasteiger partial charge in [0.25, 0.3) is 12.1 Å². The van der Waals surface area contributed by atoms with E-state index in [2.05, 4.69) is 51.3 Å². The molecule has 3 saturated carbocycles. The lowest BCUT2D eigenvalue weighted by atomic mass is 9.50. The van der Waals surface area contributed by atoms with Gasteiger partial charge in [-0.05, 0) is 61.7 Å². The second-order valence-electron chi connectivity index (χ2n) is 8.77. The maximum absolute atomic E-state index is 5.88. The van der Waals surface area contributed by atoms with Crippen LogP contribution in [0.1, 0.15) is 59.8 Å². The molecule has 0 amide bonds. The molecule has 3 aliphatic carbocycles. The highest BCUT2D eigenvalue weighted by atomic mass is 14.8. The first kappa shape index (κ1) is 15.9. The molecule has 3 fully saturated rings. The molecule has 0 aromatic rings. The zero-order chi connectivity index (χ0) is 16.1. The van der Waals surface area contributed by atoms with E-state index in [0.29, 0.717) is 11.3 Å². The summed E-state index contributed by atoms with van der Waals surface area (Å²) in [6.07, 6.45) is 11.2. The predicted molar refractivity (Wildman–Crippen MR) is 95.0 cm³/mol. The standard InChI is InChI=1S/C21H32N/c1-14(2)9-12-21-13-15(3)17-10-11-20(5,22-6)18(19(17)21)8-7-16(21)4/h6,9,12,15-19H,1,7-8,10-11,13H2,2-5H3/q+1/b12-9+/t15-,16+,17+,18-,19+,20-,21-/m0/s1. The summed E-state index contributed by atoms with van der Waals surface area (Å²) in [4.78, 5) is 4.40. The molecule has 0 saturated heterocycles. The van der Waals surface area contributed by atoms with Gasteiger partial charge in [-0.3, -0.25) is 0 Å². The first-order valence-corrected chi connectivity index (χ1v) is 9.11. The minimum absolute atomic E-state index is 0.00627. The summed E-state index contributed by atoms with van der Waals surface area (Å²) in [5.74, 6) is 3.86. The van der Waals surface area contributed by atoms with Crippen molar-refractivity contribution in [3.8, 4) is 6.57 Å². The maximum Gasteiger partial charge on any atom is 0.281 e. The molecule has 0 aromatic heterocycles. The molecule has 1 heteroatoms. The van der Waals surface area contributed by atoms with Crippen molar-refractivity contribution in [2.75, 3.05) is 0 Å². The topological polar surface area (TPSA) is 4.36 Å². The number of allylic oxidation sites excluding steroid dienone is 3. The summed E-state index contributed by atoms with van der Waals surface area (Å²) in [6.45, 7) is 19.3. The Balaban J connectivity index is 2.07. The Labute approximate surface area is 136 Å². The van der Waals surface area contributed by atoms with E-state index >= 15 is 0 Å². The van der Waals surface area contributed by atoms with Crippen molar-refractivity contribution in [3.05, 3.63) is 29.1 Å². The van der Waals surface area contributed by atoms with E-state index in [1.165, 1.54) is 37.7 Å². The molecule has 0 bridgehead atoms. The lowest BCUT2D eigenvalue weighted by Crippen LogP contribution is -2.52. The highest BCUT2D eigenvalue weighted by molar-refractivity contribution is 5.25. The summed E-state index contributed by atoms with van der Waals surface area (Å²) < 4.78 is 0. The molecule has 0 aromatic carbocycles. The second kappa shape index (κ2) is 5.26. The Kier molecular flexibility index (Phi) is 3.79. The number of hydrogen-bond acceptors (Lipinski definition) is 0. The van der Waals surface area contributed by atoms with Crippen LogP contribution in [0, 0.1) is 41.6 Å². The first-order valence-electron chi connectivity index (χ1n) is 9.11. The van der Waals surface area contributed by atoms with Gasteiger partial charge in [-0.1, -0.05) is 43.0 Å². The van der Waals surface area contributed by atoms with Gasteiger partial charge in [0.2, 0.25) is 0 Å². The van der Waals surface area contributed by atoms with Crippen molar-refractivity contribution in [1.29, 1.82) is 0 Å². The lowest BCUT2D eigenvalue weighted by Gasteiger charge is -2.52. The maximum atomic E-state index is 5.88. The van der Waals surface area contributed by atoms with Gasteiger partial charge in [-0.25, -0.2) is 0 Å². The van der Waals surface area contributed by atoms with Crippen LogP contribution in [-0.2, 0) is 0 Å². The van der Waals surface area contributed by atoms with Crippen molar-refractivity contribution < 1.29 is 0 Å². The minimum Gasteiger partial charge on any atom is -0.0961 e. The van der Waals surface area contributed by atoms with Crippen LogP contribution in [0.4, 0.5) is 0 Å². The van der Waals surface area contributed by atoms with E-state index in [1.807, 2.05) is 0 Å². The highest BCUT2D eigenvalue weighted by Gasteiger charge is 2.66. The fourth-order valence-electron chi connectivity index (χ4n) is 6.29. The van der Waals surface area contributed by atoms with Crippen LogP contribution in [0.3, 0.4) is 0 Å². The smallest absolute Gasteiger partial charge is 0.0961 e. The van der Waals surface area contributed by atoms with Gasteiger partial charge in [-0.2, -0.15) is 0 Å². The van der Waals surface area contributed by atoms with Crippen molar-refractivity contribution in [3.63, 3.8) is 0 Å². The van der Waals surface area contributed by atoms with Gasteiger partial charge in [-0.15, -0.1) is 0 Å². The van der Waals surface area contributed by atoms with Gasteiger partial charge in [0.05, 0.1) is 0 Å². The van der Waals surface area contributed by atoms with E-state index in [1.54, 1.807) is 0 Å². The van der Waals surface area contributed by atoms with E-state index in [-0.39, 0.29) is 5.54 Å². The molecule has 0 radical (unpaired) electrons. The van der Waals surface area contributed by atoms with Crippen LogP contribution >= 0.6 is 0 Å². The molecule has 0 heterocycles. The van der Waals surface area contributed by atoms with Crippen LogP contribution in [-0.4, -0.2) is 5.54 Å². The number of hydrogen-bond donors (Lipinski definition) is 0. The van der Waals surface area contributed by atoms with Gasteiger partial charge in [0.15, 0.2) is 0 Å². The average molecular weight is 298 g/mol. The molecule has 0 N–H and O–H groups in total. The summed E-state index contributed by atoms with van der Waals surface area (Å²) in [5.41, 5.74) is 1.51. The largest absolute Gasteiger partial charge is 0.281 e. The zero-order valence-electron chi connectivity index (χ0n) is 14.8. The van der Waals surface area contributed by atoms with Crippen molar-refractivity contribution >= 4 is 0 Å². The van der Waals surface area contributed by atoms with Crippen LogP contribution in [0.5, 0.6) is 0 Å². The van der Waals surface area contributed by atoms with E-state index in [4.69, 9.17) is 6.57 Å². The van der Waals surface area contributed by atoms with Crippen LogP contribution < -0.4 is 0 Å². The fourth-order valence-corrected chi connectivity index (χ4v) is 6.29. The Morgan fingerprint density at radius 1 is 1.27 bits per heavy atom. The molecule has 3 aliphatic rings. The van der Waals surface area contributed by atoms with Crippen molar-refractivity contribution in [1.82, 2.24) is 0 Å². The van der Waals surface area contributed by atoms with Crippen LogP contribution in [0.15, 0.2) is 24.3 Å². The van der Waals surface area contributed by atoms with Gasteiger partial charge in [0.1, 0.15) is 0 Å². The second-order valence-corrected chi connectivity index (χ2v) is 8.77. The Bertz CT molecular complexity index is 539. The fraction of sp³-hybridized carbons (Fsp3) is 0.762. The predicted octanol–water partition coefficient (Wildman–Crippen LogP) is 5.94. The van der Waals surface area contributed by atoms with Crippen LogP contribution in [0.25, 0.3) is 4.85 Å². The van der Waals surface area contributed by atoms with Gasteiger partial charge >= 0.3 is 0 Å². The van der Waals surface area contributed by atoms with E-state index in [0.717, 1.165) is 23.7 Å². The van der Waals surface area contributed by atoms with E-state index in [9.17, 15) is 0 Å². The SMILES string of the molecule is C#[N+][C@@]1(C)CC[C@H]2[C@@H]3[C@@H]1CC[C@@H](C)[C@]3(/C=C/C(=C)C)C[C@@H]2C. The normalized spacial score (nSPS) is 50.6. The third kappa shape index (κ3) is 2.10. The molecule has 0 unspecified atom stereocenters. The Hall–Kier alpha value is -1.03. The highest BCUT2D eigenvalue weighted by Crippen LogP contribution is 2.67. The molecule has 0 aliphatic heterocycles. The summed E-state index contributed by atoms with van der Waals surface area (Å²) in [5, 5.41) is 0. The number of nitrogens with zero attached hydrogens (tertiary/aromatic N) is 1. The van der Waals surface area contributed by atoms with Gasteiger partial charge < -0.3 is 0 Å². The van der Waals surface area contributed by atoms with Crippen molar-refractivity contribution in [2.45, 2.75) is 65.3 Å². The molecule has 120 valence electrons. The summed E-state index contributed by atoms with van der Waals surface area (Å²) in [7, 11) is 0. The summed E-state index contributed by atoms with van der Waals surface area (Å²) >= 11 is 0. The minimum atomic E-state index is -0.00627. The number of rotatable bonds is 2. The third-order valence-corrected chi connectivity index (χ3v) is 7.51. The molecule has 0 spiro atoms. The third-order valence-electron chi connectivity index (χ3n) is 7.51. The van der Waals surface area contributed by atoms with Gasteiger partial charge in [0, 0.05) is 19.3 Å². The Morgan fingerprint density at radius 2 is 2.00 bits per heavy atom. The summed E-state index contributed by atoms with van der Waals surface area (Å²) in [6, 6.07) is 0. The molecular weight excluding hydrogens is 266 g/mol. The molecule has 1 nitrogen and oxygen atoms in total. The zero-order valence-corrected chi connectivity index (χ0v) is 14.8. The van der Waals surface area contributed by atoms with E-state index < -0.39 is 0 Å². The quantitative estimate of drug-likeness (QED) is 0.556. The monoisotopic (exact) mass is 298 g/mol. The lowest BCUT2D eigenvalue weighted by molar-refractivity contribution is -0.0200. The molecule has 7 atom stereocenters. The molecular formula is C21H32N+. The van der Waals surface area contributed by atoms with Crippen molar-refractivity contribution in [2.24, 2.45) is 35.0 Å². The van der Waals surface area contributed by atoms with Crippen LogP contribution in [0.2, 0.25) is 0 Å². The average Bonchev–Trinajstić information content (AvgIpc) is 2.78. The Morgan fingerprint density at radius 3 is 2.64 bits per heavy atom. The molecule has 3 rings (SSSR count).